The van der Waals surface area contributed by atoms with Gasteiger partial charge in [-0.15, -0.1) is 0 Å². The molecule has 0 fully saturated rings. The standard InChI is InChI=1S/C11H17O3P/c1-3-12-15(13-4-2)14-10-11-8-6-5-7-9-11/h5-9H,3-4,10H2,1-2H3. The highest BCUT2D eigenvalue weighted by atomic mass is 31.2. The summed E-state index contributed by atoms with van der Waals surface area (Å²) < 4.78 is 16.2. The van der Waals surface area contributed by atoms with Crippen molar-refractivity contribution in [1.82, 2.24) is 0 Å². The maximum absolute atomic E-state index is 5.53. The fourth-order valence-electron chi connectivity index (χ4n) is 1.02. The maximum atomic E-state index is 5.53. The second-order valence-corrected chi connectivity index (χ2v) is 4.04. The molecule has 0 aromatic heterocycles. The predicted molar refractivity (Wildman–Crippen MR) is 61.4 cm³/mol. The van der Waals surface area contributed by atoms with E-state index in [4.69, 9.17) is 13.6 Å². The molecule has 0 bridgehead atoms. The van der Waals surface area contributed by atoms with E-state index in [2.05, 4.69) is 0 Å². The quantitative estimate of drug-likeness (QED) is 0.668. The summed E-state index contributed by atoms with van der Waals surface area (Å²) in [7, 11) is -1.18. The van der Waals surface area contributed by atoms with E-state index in [9.17, 15) is 0 Å². The third-order valence-corrected chi connectivity index (χ3v) is 2.93. The Morgan fingerprint density at radius 1 is 0.933 bits per heavy atom. The molecule has 0 spiro atoms. The molecule has 3 nitrogen and oxygen atoms in total. The Labute approximate surface area is 92.4 Å². The maximum Gasteiger partial charge on any atom is 0.332 e. The average molecular weight is 228 g/mol. The molecule has 0 aliphatic heterocycles. The molecule has 84 valence electrons. The summed E-state index contributed by atoms with van der Waals surface area (Å²) in [5, 5.41) is 0. The van der Waals surface area contributed by atoms with E-state index in [0.29, 0.717) is 19.8 Å². The van der Waals surface area contributed by atoms with Crippen LogP contribution in [0.5, 0.6) is 0 Å². The van der Waals surface area contributed by atoms with E-state index in [-0.39, 0.29) is 0 Å². The van der Waals surface area contributed by atoms with Crippen molar-refractivity contribution in [3.8, 4) is 0 Å². The summed E-state index contributed by atoms with van der Waals surface area (Å²) in [6, 6.07) is 10.00. The van der Waals surface area contributed by atoms with E-state index in [1.54, 1.807) is 0 Å². The van der Waals surface area contributed by atoms with Crippen molar-refractivity contribution in [3.63, 3.8) is 0 Å². The molecule has 0 radical (unpaired) electrons. The number of hydrogen-bond acceptors (Lipinski definition) is 3. The molecule has 15 heavy (non-hydrogen) atoms. The van der Waals surface area contributed by atoms with E-state index in [0.717, 1.165) is 5.56 Å². The monoisotopic (exact) mass is 228 g/mol. The first-order valence-corrected chi connectivity index (χ1v) is 6.19. The SMILES string of the molecule is CCOP(OCC)OCc1ccccc1. The van der Waals surface area contributed by atoms with Gasteiger partial charge in [-0.1, -0.05) is 30.3 Å². The zero-order valence-electron chi connectivity index (χ0n) is 9.18. The Hall–Kier alpha value is -0.470. The predicted octanol–water partition coefficient (Wildman–Crippen LogP) is 3.50. The lowest BCUT2D eigenvalue weighted by Crippen LogP contribution is -1.95. The van der Waals surface area contributed by atoms with Gasteiger partial charge in [-0.25, -0.2) is 0 Å². The summed E-state index contributed by atoms with van der Waals surface area (Å²) in [4.78, 5) is 0. The van der Waals surface area contributed by atoms with Crippen LogP contribution in [0.15, 0.2) is 30.3 Å². The zero-order valence-corrected chi connectivity index (χ0v) is 10.1. The van der Waals surface area contributed by atoms with Crippen LogP contribution in [0.4, 0.5) is 0 Å². The Morgan fingerprint density at radius 2 is 1.53 bits per heavy atom. The number of hydrogen-bond donors (Lipinski definition) is 0. The van der Waals surface area contributed by atoms with Gasteiger partial charge < -0.3 is 13.6 Å². The molecule has 0 saturated heterocycles. The Bertz CT molecular complexity index is 247. The minimum absolute atomic E-state index is 0.534. The van der Waals surface area contributed by atoms with Gasteiger partial charge >= 0.3 is 8.60 Å². The molecule has 1 rings (SSSR count). The first-order chi connectivity index (χ1) is 7.36. The molecule has 0 amide bonds. The molecule has 0 aliphatic rings. The van der Waals surface area contributed by atoms with E-state index in [1.807, 2.05) is 44.2 Å². The van der Waals surface area contributed by atoms with Gasteiger partial charge in [0, 0.05) is 0 Å². The Morgan fingerprint density at radius 3 is 2.07 bits per heavy atom. The van der Waals surface area contributed by atoms with Crippen LogP contribution in [-0.2, 0) is 20.2 Å². The summed E-state index contributed by atoms with van der Waals surface area (Å²) in [6.45, 7) is 5.62. The van der Waals surface area contributed by atoms with Gasteiger partial charge in [0.1, 0.15) is 0 Å². The van der Waals surface area contributed by atoms with Crippen LogP contribution < -0.4 is 0 Å². The lowest BCUT2D eigenvalue weighted by Gasteiger charge is -2.14. The third-order valence-electron chi connectivity index (χ3n) is 1.65. The molecule has 0 unspecified atom stereocenters. The minimum atomic E-state index is -1.18. The summed E-state index contributed by atoms with van der Waals surface area (Å²) >= 11 is 0. The second-order valence-electron chi connectivity index (χ2n) is 2.82. The molecule has 0 N–H and O–H groups in total. The van der Waals surface area contributed by atoms with Gasteiger partial charge in [0.2, 0.25) is 0 Å². The molecule has 0 aliphatic carbocycles. The lowest BCUT2D eigenvalue weighted by molar-refractivity contribution is 0.164. The summed E-state index contributed by atoms with van der Waals surface area (Å²) in [5.41, 5.74) is 1.13. The summed E-state index contributed by atoms with van der Waals surface area (Å²) in [5.74, 6) is 0. The van der Waals surface area contributed by atoms with Crippen LogP contribution >= 0.6 is 8.60 Å². The van der Waals surface area contributed by atoms with Crippen molar-refractivity contribution in [3.05, 3.63) is 35.9 Å². The van der Waals surface area contributed by atoms with Gasteiger partial charge in [0.25, 0.3) is 0 Å². The second kappa shape index (κ2) is 7.77. The van der Waals surface area contributed by atoms with Crippen LogP contribution in [0.2, 0.25) is 0 Å². The van der Waals surface area contributed by atoms with Crippen molar-refractivity contribution in [2.45, 2.75) is 20.5 Å². The van der Waals surface area contributed by atoms with Crippen molar-refractivity contribution in [2.75, 3.05) is 13.2 Å². The van der Waals surface area contributed by atoms with Gasteiger partial charge in [0.15, 0.2) is 0 Å². The lowest BCUT2D eigenvalue weighted by atomic mass is 10.2. The highest BCUT2D eigenvalue weighted by Gasteiger charge is 2.10. The Balaban J connectivity index is 2.33. The van der Waals surface area contributed by atoms with Crippen LogP contribution in [-0.4, -0.2) is 13.2 Å². The highest BCUT2D eigenvalue weighted by molar-refractivity contribution is 7.41. The fourth-order valence-corrected chi connectivity index (χ4v) is 1.92. The minimum Gasteiger partial charge on any atom is -0.313 e. The largest absolute Gasteiger partial charge is 0.332 e. The van der Waals surface area contributed by atoms with Crippen molar-refractivity contribution in [2.24, 2.45) is 0 Å². The molecule has 1 aromatic carbocycles. The van der Waals surface area contributed by atoms with Crippen LogP contribution in [0, 0.1) is 0 Å². The smallest absolute Gasteiger partial charge is 0.313 e. The summed E-state index contributed by atoms with van der Waals surface area (Å²) in [6.07, 6.45) is 0. The van der Waals surface area contributed by atoms with E-state index in [1.165, 1.54) is 0 Å². The van der Waals surface area contributed by atoms with Gasteiger partial charge in [-0.05, 0) is 19.4 Å². The van der Waals surface area contributed by atoms with E-state index >= 15 is 0 Å². The molecule has 4 heteroatoms. The highest BCUT2D eigenvalue weighted by Crippen LogP contribution is 2.40. The molecular weight excluding hydrogens is 211 g/mol. The number of benzene rings is 1. The molecule has 1 aromatic rings. The number of rotatable bonds is 7. The molecule has 0 saturated carbocycles. The molecule has 0 heterocycles. The topological polar surface area (TPSA) is 27.7 Å². The van der Waals surface area contributed by atoms with Crippen molar-refractivity contribution >= 4 is 8.60 Å². The molecule has 0 atom stereocenters. The van der Waals surface area contributed by atoms with Crippen molar-refractivity contribution in [1.29, 1.82) is 0 Å². The average Bonchev–Trinajstić information content (AvgIpc) is 2.28. The fraction of sp³-hybridized carbons (Fsp3) is 0.455. The molecular formula is C11H17O3P. The van der Waals surface area contributed by atoms with Gasteiger partial charge in [-0.2, -0.15) is 0 Å². The Kier molecular flexibility index (Phi) is 6.53. The van der Waals surface area contributed by atoms with E-state index < -0.39 is 8.60 Å². The first kappa shape index (κ1) is 12.6. The first-order valence-electron chi connectivity index (χ1n) is 5.09. The normalized spacial score (nSPS) is 10.9. The van der Waals surface area contributed by atoms with Gasteiger partial charge in [0.05, 0.1) is 19.8 Å². The van der Waals surface area contributed by atoms with Gasteiger partial charge in [-0.3, -0.25) is 0 Å². The van der Waals surface area contributed by atoms with Crippen LogP contribution in [0.1, 0.15) is 19.4 Å². The third kappa shape index (κ3) is 5.24. The van der Waals surface area contributed by atoms with Crippen molar-refractivity contribution < 1.29 is 13.6 Å². The zero-order chi connectivity index (χ0) is 10.9. The van der Waals surface area contributed by atoms with Crippen LogP contribution in [0.3, 0.4) is 0 Å². The van der Waals surface area contributed by atoms with Crippen LogP contribution in [0.25, 0.3) is 0 Å².